The van der Waals surface area contributed by atoms with E-state index in [1.807, 2.05) is 12.1 Å². The van der Waals surface area contributed by atoms with Crippen LogP contribution in [-0.2, 0) is 22.6 Å². The molecule has 0 fully saturated rings. The third-order valence-electron chi connectivity index (χ3n) is 3.72. The number of benzene rings is 2. The molecule has 0 heterocycles. The van der Waals surface area contributed by atoms with Crippen LogP contribution < -0.4 is 20.1 Å². The molecule has 0 aliphatic rings. The van der Waals surface area contributed by atoms with Gasteiger partial charge in [0.25, 0.3) is 0 Å². The number of ether oxygens (including phenoxy) is 2. The molecular formula is C19H21FN2O4. The fourth-order valence-corrected chi connectivity index (χ4v) is 2.30. The van der Waals surface area contributed by atoms with Crippen LogP contribution in [0.4, 0.5) is 4.39 Å². The minimum atomic E-state index is -0.735. The van der Waals surface area contributed by atoms with Crippen LogP contribution >= 0.6 is 0 Å². The van der Waals surface area contributed by atoms with Crippen LogP contribution in [-0.4, -0.2) is 32.6 Å². The summed E-state index contributed by atoms with van der Waals surface area (Å²) in [5.74, 6) is -0.573. The summed E-state index contributed by atoms with van der Waals surface area (Å²) in [6.45, 7) is 0.459. The molecule has 26 heavy (non-hydrogen) atoms. The van der Waals surface area contributed by atoms with E-state index in [0.29, 0.717) is 30.0 Å². The highest BCUT2D eigenvalue weighted by Gasteiger charge is 2.12. The maximum absolute atomic E-state index is 12.8. The van der Waals surface area contributed by atoms with Gasteiger partial charge in [0.2, 0.25) is 0 Å². The monoisotopic (exact) mass is 360 g/mol. The van der Waals surface area contributed by atoms with Gasteiger partial charge in [-0.15, -0.1) is 0 Å². The molecule has 0 aromatic heterocycles. The van der Waals surface area contributed by atoms with Crippen molar-refractivity contribution in [3.8, 4) is 11.5 Å². The highest BCUT2D eigenvalue weighted by atomic mass is 19.1. The molecule has 6 nitrogen and oxygen atoms in total. The number of halogens is 1. The number of methoxy groups -OCH3 is 2. The van der Waals surface area contributed by atoms with Crippen LogP contribution in [0, 0.1) is 5.82 Å². The molecule has 2 aromatic carbocycles. The second-order valence-corrected chi connectivity index (χ2v) is 5.50. The summed E-state index contributed by atoms with van der Waals surface area (Å²) in [6.07, 6.45) is 0.539. The standard InChI is InChI=1S/C19H21FN2O4/c1-25-16-8-5-13(11-17(16)26-2)9-10-21-18(23)19(24)22-12-14-3-6-15(20)7-4-14/h3-8,11H,9-10,12H2,1-2H3,(H,21,23)(H,22,24). The van der Waals surface area contributed by atoms with Gasteiger partial charge in [-0.1, -0.05) is 18.2 Å². The first-order valence-corrected chi connectivity index (χ1v) is 8.05. The molecule has 0 aliphatic carbocycles. The highest BCUT2D eigenvalue weighted by Crippen LogP contribution is 2.27. The molecule has 0 saturated heterocycles. The number of carbonyl (C=O) groups excluding carboxylic acids is 2. The minimum Gasteiger partial charge on any atom is -0.493 e. The molecule has 0 aliphatic heterocycles. The smallest absolute Gasteiger partial charge is 0.309 e. The van der Waals surface area contributed by atoms with Crippen molar-refractivity contribution in [1.29, 1.82) is 0 Å². The van der Waals surface area contributed by atoms with E-state index in [0.717, 1.165) is 5.56 Å². The molecule has 2 amide bonds. The fourth-order valence-electron chi connectivity index (χ4n) is 2.30. The zero-order valence-corrected chi connectivity index (χ0v) is 14.7. The summed E-state index contributed by atoms with van der Waals surface area (Å²) in [6, 6.07) is 11.2. The fraction of sp³-hybridized carbons (Fsp3) is 0.263. The van der Waals surface area contributed by atoms with Gasteiger partial charge in [0.05, 0.1) is 14.2 Å². The molecule has 2 rings (SSSR count). The molecule has 0 radical (unpaired) electrons. The van der Waals surface area contributed by atoms with Gasteiger partial charge < -0.3 is 20.1 Å². The Morgan fingerprint density at radius 2 is 1.50 bits per heavy atom. The number of nitrogens with one attached hydrogen (secondary N) is 2. The molecule has 2 N–H and O–H groups in total. The van der Waals surface area contributed by atoms with Crippen LogP contribution in [0.2, 0.25) is 0 Å². The number of rotatable bonds is 7. The van der Waals surface area contributed by atoms with E-state index < -0.39 is 11.8 Å². The van der Waals surface area contributed by atoms with Gasteiger partial charge in [-0.05, 0) is 41.8 Å². The Balaban J connectivity index is 1.77. The average Bonchev–Trinajstić information content (AvgIpc) is 2.67. The second kappa shape index (κ2) is 9.41. The summed E-state index contributed by atoms with van der Waals surface area (Å²) >= 11 is 0. The van der Waals surface area contributed by atoms with Crippen molar-refractivity contribution in [2.75, 3.05) is 20.8 Å². The first-order chi connectivity index (χ1) is 12.5. The normalized spacial score (nSPS) is 10.1. The second-order valence-electron chi connectivity index (χ2n) is 5.50. The SMILES string of the molecule is COc1ccc(CCNC(=O)C(=O)NCc2ccc(F)cc2)cc1OC. The van der Waals surface area contributed by atoms with Crippen molar-refractivity contribution in [1.82, 2.24) is 10.6 Å². The van der Waals surface area contributed by atoms with Gasteiger partial charge in [-0.25, -0.2) is 4.39 Å². The number of carbonyl (C=O) groups is 2. The van der Waals surface area contributed by atoms with Crippen LogP contribution in [0.25, 0.3) is 0 Å². The Bertz CT molecular complexity index is 763. The minimum absolute atomic E-state index is 0.155. The lowest BCUT2D eigenvalue weighted by Gasteiger charge is -2.10. The van der Waals surface area contributed by atoms with E-state index in [2.05, 4.69) is 10.6 Å². The van der Waals surface area contributed by atoms with E-state index in [-0.39, 0.29) is 12.4 Å². The van der Waals surface area contributed by atoms with Crippen LogP contribution in [0.1, 0.15) is 11.1 Å². The summed E-state index contributed by atoms with van der Waals surface area (Å²) in [4.78, 5) is 23.6. The van der Waals surface area contributed by atoms with Gasteiger partial charge >= 0.3 is 11.8 Å². The Kier molecular flexibility index (Phi) is 6.96. The van der Waals surface area contributed by atoms with Gasteiger partial charge in [-0.2, -0.15) is 0 Å². The lowest BCUT2D eigenvalue weighted by molar-refractivity contribution is -0.139. The maximum atomic E-state index is 12.8. The van der Waals surface area contributed by atoms with Crippen molar-refractivity contribution in [2.45, 2.75) is 13.0 Å². The van der Waals surface area contributed by atoms with Crippen molar-refractivity contribution in [3.05, 3.63) is 59.4 Å². The lowest BCUT2D eigenvalue weighted by Crippen LogP contribution is -2.40. The van der Waals surface area contributed by atoms with Crippen LogP contribution in [0.15, 0.2) is 42.5 Å². The van der Waals surface area contributed by atoms with E-state index in [9.17, 15) is 14.0 Å². The Morgan fingerprint density at radius 3 is 2.15 bits per heavy atom. The summed E-state index contributed by atoms with van der Waals surface area (Å²) < 4.78 is 23.2. The van der Waals surface area contributed by atoms with Gasteiger partial charge in [-0.3, -0.25) is 9.59 Å². The summed E-state index contributed by atoms with van der Waals surface area (Å²) in [7, 11) is 3.11. The predicted octanol–water partition coefficient (Wildman–Crippen LogP) is 1.82. The average molecular weight is 360 g/mol. The van der Waals surface area contributed by atoms with Gasteiger partial charge in [0, 0.05) is 13.1 Å². The number of hydrogen-bond acceptors (Lipinski definition) is 4. The third-order valence-corrected chi connectivity index (χ3v) is 3.72. The zero-order valence-electron chi connectivity index (χ0n) is 14.7. The number of amides is 2. The van der Waals surface area contributed by atoms with Crippen molar-refractivity contribution in [3.63, 3.8) is 0 Å². The predicted molar refractivity (Wildman–Crippen MR) is 94.5 cm³/mol. The first-order valence-electron chi connectivity index (χ1n) is 8.05. The Labute approximate surface area is 151 Å². The zero-order chi connectivity index (χ0) is 18.9. The molecule has 0 unspecified atom stereocenters. The topological polar surface area (TPSA) is 76.7 Å². The van der Waals surface area contributed by atoms with E-state index >= 15 is 0 Å². The van der Waals surface area contributed by atoms with Crippen LogP contribution in [0.3, 0.4) is 0 Å². The third kappa shape index (κ3) is 5.47. The molecule has 0 saturated carbocycles. The molecule has 2 aromatic rings. The molecular weight excluding hydrogens is 339 g/mol. The van der Waals surface area contributed by atoms with E-state index in [1.165, 1.54) is 12.1 Å². The maximum Gasteiger partial charge on any atom is 0.309 e. The molecule has 0 atom stereocenters. The quantitative estimate of drug-likeness (QED) is 0.739. The molecule has 7 heteroatoms. The van der Waals surface area contributed by atoms with Gasteiger partial charge in [0.1, 0.15) is 5.82 Å². The summed E-state index contributed by atoms with van der Waals surface area (Å²) in [5.41, 5.74) is 1.65. The molecule has 138 valence electrons. The van der Waals surface area contributed by atoms with E-state index in [4.69, 9.17) is 9.47 Å². The van der Waals surface area contributed by atoms with E-state index in [1.54, 1.807) is 32.4 Å². The van der Waals surface area contributed by atoms with Crippen molar-refractivity contribution in [2.24, 2.45) is 0 Å². The van der Waals surface area contributed by atoms with Crippen molar-refractivity contribution >= 4 is 11.8 Å². The summed E-state index contributed by atoms with van der Waals surface area (Å²) in [5, 5.41) is 5.05. The van der Waals surface area contributed by atoms with Crippen LogP contribution in [0.5, 0.6) is 11.5 Å². The van der Waals surface area contributed by atoms with Crippen molar-refractivity contribution < 1.29 is 23.5 Å². The molecule has 0 bridgehead atoms. The Hall–Kier alpha value is -3.09. The molecule has 0 spiro atoms. The lowest BCUT2D eigenvalue weighted by atomic mass is 10.1. The van der Waals surface area contributed by atoms with Gasteiger partial charge in [0.15, 0.2) is 11.5 Å². The highest BCUT2D eigenvalue weighted by molar-refractivity contribution is 6.35. The largest absolute Gasteiger partial charge is 0.493 e. The Morgan fingerprint density at radius 1 is 0.885 bits per heavy atom. The first kappa shape index (κ1) is 19.2. The number of hydrogen-bond donors (Lipinski definition) is 2.